The van der Waals surface area contributed by atoms with Gasteiger partial charge in [0.05, 0.1) is 4.90 Å². The smallest absolute Gasteiger partial charge is 0.251 e. The molecular formula is C17H29N3O3S. The summed E-state index contributed by atoms with van der Waals surface area (Å²) in [5, 5.41) is 2.89. The molecule has 0 radical (unpaired) electrons. The molecule has 0 aromatic heterocycles. The lowest BCUT2D eigenvalue weighted by atomic mass is 10.1. The Morgan fingerprint density at radius 3 is 2.33 bits per heavy atom. The molecule has 0 saturated heterocycles. The van der Waals surface area contributed by atoms with Gasteiger partial charge in [-0.3, -0.25) is 4.79 Å². The number of carbonyl (C=O) groups is 1. The van der Waals surface area contributed by atoms with Gasteiger partial charge in [0.25, 0.3) is 5.91 Å². The molecule has 1 rings (SSSR count). The maximum atomic E-state index is 12.2. The van der Waals surface area contributed by atoms with Crippen LogP contribution in [0.2, 0.25) is 0 Å². The van der Waals surface area contributed by atoms with Crippen molar-refractivity contribution < 1.29 is 13.2 Å². The lowest BCUT2D eigenvalue weighted by Crippen LogP contribution is -2.40. The van der Waals surface area contributed by atoms with Gasteiger partial charge in [-0.05, 0) is 36.6 Å². The van der Waals surface area contributed by atoms with E-state index in [-0.39, 0.29) is 22.8 Å². The normalized spacial score (nSPS) is 13.0. The highest BCUT2D eigenvalue weighted by Gasteiger charge is 2.16. The van der Waals surface area contributed by atoms with Crippen LogP contribution in [0.4, 0.5) is 0 Å². The largest absolute Gasteiger partial charge is 0.348 e. The molecule has 0 saturated carbocycles. The average Bonchev–Trinajstić information content (AvgIpc) is 2.56. The zero-order chi connectivity index (χ0) is 18.2. The van der Waals surface area contributed by atoms with Crippen molar-refractivity contribution in [2.75, 3.05) is 13.1 Å². The number of benzene rings is 1. The third-order valence-electron chi connectivity index (χ3n) is 3.63. The van der Waals surface area contributed by atoms with Gasteiger partial charge >= 0.3 is 0 Å². The molecule has 0 aliphatic carbocycles. The van der Waals surface area contributed by atoms with E-state index in [1.807, 2.05) is 13.8 Å². The van der Waals surface area contributed by atoms with Crippen LogP contribution in [0.1, 0.15) is 50.4 Å². The van der Waals surface area contributed by atoms with Crippen LogP contribution in [0.5, 0.6) is 0 Å². The second-order valence-electron chi connectivity index (χ2n) is 6.32. The van der Waals surface area contributed by atoms with E-state index in [2.05, 4.69) is 17.0 Å². The van der Waals surface area contributed by atoms with Crippen molar-refractivity contribution in [2.45, 2.75) is 51.0 Å². The Bertz CT molecular complexity index is 612. The Morgan fingerprint density at radius 1 is 1.21 bits per heavy atom. The number of nitrogens with two attached hydrogens (primary N) is 1. The number of hydrogen-bond donors (Lipinski definition) is 3. The molecule has 0 aliphatic heterocycles. The predicted molar refractivity (Wildman–Crippen MR) is 96.3 cm³/mol. The topological polar surface area (TPSA) is 101 Å². The molecular weight excluding hydrogens is 326 g/mol. The maximum Gasteiger partial charge on any atom is 0.251 e. The minimum Gasteiger partial charge on any atom is -0.348 e. The Kier molecular flexibility index (Phi) is 8.38. The summed E-state index contributed by atoms with van der Waals surface area (Å²) in [4.78, 5) is 12.4. The zero-order valence-corrected chi connectivity index (χ0v) is 15.5. The number of amides is 1. The van der Waals surface area contributed by atoms with E-state index in [1.165, 1.54) is 24.3 Å². The molecule has 7 heteroatoms. The molecule has 0 heterocycles. The minimum absolute atomic E-state index is 0.0615. The number of sulfonamides is 1. The van der Waals surface area contributed by atoms with Gasteiger partial charge in [-0.1, -0.05) is 33.6 Å². The van der Waals surface area contributed by atoms with E-state index in [9.17, 15) is 13.2 Å². The highest BCUT2D eigenvalue weighted by Crippen LogP contribution is 2.11. The molecule has 1 aromatic rings. The maximum absolute atomic E-state index is 12.2. The van der Waals surface area contributed by atoms with Crippen LogP contribution in [-0.2, 0) is 10.0 Å². The van der Waals surface area contributed by atoms with Crippen molar-refractivity contribution in [2.24, 2.45) is 11.7 Å². The summed E-state index contributed by atoms with van der Waals surface area (Å²) in [7, 11) is -3.54. The van der Waals surface area contributed by atoms with Crippen LogP contribution in [0.15, 0.2) is 29.2 Å². The third kappa shape index (κ3) is 6.59. The molecule has 1 atom stereocenters. The lowest BCUT2D eigenvalue weighted by Gasteiger charge is -2.16. The van der Waals surface area contributed by atoms with Gasteiger partial charge in [0.2, 0.25) is 10.0 Å². The summed E-state index contributed by atoms with van der Waals surface area (Å²) in [5.74, 6) is -0.0122. The van der Waals surface area contributed by atoms with Gasteiger partial charge in [0.15, 0.2) is 0 Å². The first-order valence-corrected chi connectivity index (χ1v) is 9.89. The van der Waals surface area contributed by atoms with Crippen LogP contribution in [0, 0.1) is 5.92 Å². The van der Waals surface area contributed by atoms with Crippen LogP contribution >= 0.6 is 0 Å². The van der Waals surface area contributed by atoms with Crippen molar-refractivity contribution in [1.82, 2.24) is 10.0 Å². The fourth-order valence-corrected chi connectivity index (χ4v) is 3.33. The second kappa shape index (κ2) is 9.76. The van der Waals surface area contributed by atoms with E-state index in [1.54, 1.807) is 0 Å². The molecule has 0 aliphatic rings. The molecule has 6 nitrogen and oxygen atoms in total. The fraction of sp³-hybridized carbons (Fsp3) is 0.588. The van der Waals surface area contributed by atoms with Crippen LogP contribution in [-0.4, -0.2) is 33.5 Å². The standard InChI is InChI=1S/C17H29N3O3S/c1-4-5-6-15(11-18)20-17(21)14-7-9-16(10-8-14)24(22,23)19-12-13(2)3/h7-10,13,15,19H,4-6,11-12,18H2,1-3H3,(H,20,21). The highest BCUT2D eigenvalue weighted by atomic mass is 32.2. The average molecular weight is 356 g/mol. The minimum atomic E-state index is -3.54. The first-order valence-electron chi connectivity index (χ1n) is 8.40. The molecule has 1 aromatic carbocycles. The van der Waals surface area contributed by atoms with Crippen LogP contribution in [0.25, 0.3) is 0 Å². The summed E-state index contributed by atoms with van der Waals surface area (Å²) < 4.78 is 26.8. The van der Waals surface area contributed by atoms with Gasteiger partial charge < -0.3 is 11.1 Å². The van der Waals surface area contributed by atoms with Crippen LogP contribution in [0.3, 0.4) is 0 Å². The van der Waals surface area contributed by atoms with Crippen molar-refractivity contribution >= 4 is 15.9 Å². The molecule has 1 unspecified atom stereocenters. The summed E-state index contributed by atoms with van der Waals surface area (Å²) >= 11 is 0. The van der Waals surface area contributed by atoms with E-state index in [4.69, 9.17) is 5.73 Å². The van der Waals surface area contributed by atoms with E-state index in [0.29, 0.717) is 18.7 Å². The van der Waals surface area contributed by atoms with Crippen molar-refractivity contribution in [1.29, 1.82) is 0 Å². The Hall–Kier alpha value is -1.44. The van der Waals surface area contributed by atoms with Crippen molar-refractivity contribution in [3.8, 4) is 0 Å². The summed E-state index contributed by atoms with van der Waals surface area (Å²) in [6.45, 7) is 6.71. The quantitative estimate of drug-likeness (QED) is 0.596. The lowest BCUT2D eigenvalue weighted by molar-refractivity contribution is 0.0935. The summed E-state index contributed by atoms with van der Waals surface area (Å²) in [6.07, 6.45) is 2.88. The number of rotatable bonds is 10. The number of nitrogens with one attached hydrogen (secondary N) is 2. The first kappa shape index (κ1) is 20.6. The second-order valence-corrected chi connectivity index (χ2v) is 8.09. The Balaban J connectivity index is 2.74. The van der Waals surface area contributed by atoms with Gasteiger partial charge in [-0.2, -0.15) is 0 Å². The molecule has 4 N–H and O–H groups in total. The number of unbranched alkanes of at least 4 members (excludes halogenated alkanes) is 1. The van der Waals surface area contributed by atoms with Gasteiger partial charge in [0, 0.05) is 24.7 Å². The van der Waals surface area contributed by atoms with Gasteiger partial charge in [-0.25, -0.2) is 13.1 Å². The molecule has 136 valence electrons. The molecule has 0 bridgehead atoms. The molecule has 1 amide bonds. The number of hydrogen-bond acceptors (Lipinski definition) is 4. The summed E-state index contributed by atoms with van der Waals surface area (Å²) in [6, 6.07) is 5.87. The highest BCUT2D eigenvalue weighted by molar-refractivity contribution is 7.89. The summed E-state index contributed by atoms with van der Waals surface area (Å²) in [5.41, 5.74) is 6.10. The van der Waals surface area contributed by atoms with Crippen LogP contribution < -0.4 is 15.8 Å². The van der Waals surface area contributed by atoms with E-state index < -0.39 is 10.0 Å². The Labute approximate surface area is 145 Å². The third-order valence-corrected chi connectivity index (χ3v) is 5.07. The van der Waals surface area contributed by atoms with E-state index >= 15 is 0 Å². The molecule has 0 spiro atoms. The van der Waals surface area contributed by atoms with Crippen molar-refractivity contribution in [3.05, 3.63) is 29.8 Å². The first-order chi connectivity index (χ1) is 11.3. The molecule has 24 heavy (non-hydrogen) atoms. The molecule has 0 fully saturated rings. The monoisotopic (exact) mass is 355 g/mol. The zero-order valence-electron chi connectivity index (χ0n) is 14.7. The SMILES string of the molecule is CCCCC(CN)NC(=O)c1ccc(S(=O)(=O)NCC(C)C)cc1. The van der Waals surface area contributed by atoms with Crippen molar-refractivity contribution in [3.63, 3.8) is 0 Å². The van der Waals surface area contributed by atoms with Gasteiger partial charge in [-0.15, -0.1) is 0 Å². The van der Waals surface area contributed by atoms with Gasteiger partial charge in [0.1, 0.15) is 0 Å². The predicted octanol–water partition coefficient (Wildman–Crippen LogP) is 1.87. The Morgan fingerprint density at radius 2 is 1.83 bits per heavy atom. The van der Waals surface area contributed by atoms with E-state index in [0.717, 1.165) is 19.3 Å². The fourth-order valence-electron chi connectivity index (χ4n) is 2.11. The number of carbonyl (C=O) groups excluding carboxylic acids is 1.